The van der Waals surface area contributed by atoms with Gasteiger partial charge in [-0.3, -0.25) is 4.79 Å². The summed E-state index contributed by atoms with van der Waals surface area (Å²) in [5.74, 6) is 0.131. The van der Waals surface area contributed by atoms with Crippen LogP contribution in [0.4, 0.5) is 10.1 Å². The summed E-state index contributed by atoms with van der Waals surface area (Å²) in [6, 6.07) is 12.7. The summed E-state index contributed by atoms with van der Waals surface area (Å²) in [4.78, 5) is 12.9. The maximum atomic E-state index is 13.3. The van der Waals surface area contributed by atoms with Crippen molar-refractivity contribution in [2.45, 2.75) is 19.9 Å². The molecular weight excluding hydrogens is 365 g/mol. The molecule has 1 aliphatic rings. The maximum absolute atomic E-state index is 13.3. The van der Waals surface area contributed by atoms with Gasteiger partial charge in [0.05, 0.1) is 18.2 Å². The molecule has 7 heteroatoms. The lowest BCUT2D eigenvalue weighted by Crippen LogP contribution is -2.45. The van der Waals surface area contributed by atoms with E-state index in [4.69, 9.17) is 17.0 Å². The molecule has 0 aromatic heterocycles. The van der Waals surface area contributed by atoms with Crippen LogP contribution in [0.25, 0.3) is 0 Å². The summed E-state index contributed by atoms with van der Waals surface area (Å²) in [6.07, 6.45) is 0. The molecule has 1 aliphatic heterocycles. The fraction of sp³-hybridized carbons (Fsp3) is 0.200. The Hall–Kier alpha value is -2.93. The molecule has 1 atom stereocenters. The van der Waals surface area contributed by atoms with Crippen LogP contribution in [0.2, 0.25) is 0 Å². The van der Waals surface area contributed by atoms with Crippen LogP contribution < -0.4 is 20.7 Å². The Labute approximate surface area is 162 Å². The van der Waals surface area contributed by atoms with Gasteiger partial charge in [-0.1, -0.05) is 12.1 Å². The molecule has 2 aromatic carbocycles. The Morgan fingerprint density at radius 3 is 2.48 bits per heavy atom. The number of ether oxygens (including phenoxy) is 1. The average Bonchev–Trinajstić information content (AvgIpc) is 2.63. The predicted octanol–water partition coefficient (Wildman–Crippen LogP) is 3.66. The zero-order valence-electron chi connectivity index (χ0n) is 15.0. The predicted molar refractivity (Wildman–Crippen MR) is 107 cm³/mol. The number of anilines is 1. The molecule has 27 heavy (non-hydrogen) atoms. The van der Waals surface area contributed by atoms with Crippen LogP contribution in [-0.2, 0) is 4.79 Å². The summed E-state index contributed by atoms with van der Waals surface area (Å²) in [5, 5.41) is 9.37. The van der Waals surface area contributed by atoms with Crippen molar-refractivity contribution in [3.63, 3.8) is 0 Å². The van der Waals surface area contributed by atoms with Gasteiger partial charge in [-0.15, -0.1) is 0 Å². The van der Waals surface area contributed by atoms with Gasteiger partial charge in [0.2, 0.25) is 0 Å². The van der Waals surface area contributed by atoms with Crippen LogP contribution >= 0.6 is 12.2 Å². The summed E-state index contributed by atoms with van der Waals surface area (Å²) >= 11 is 5.22. The first-order valence-corrected chi connectivity index (χ1v) is 8.96. The van der Waals surface area contributed by atoms with Gasteiger partial charge in [0.15, 0.2) is 5.11 Å². The first-order valence-electron chi connectivity index (χ1n) is 8.56. The molecule has 0 spiro atoms. The molecule has 0 aliphatic carbocycles. The van der Waals surface area contributed by atoms with E-state index in [1.807, 2.05) is 6.92 Å². The van der Waals surface area contributed by atoms with E-state index in [0.717, 1.165) is 11.3 Å². The number of allylic oxidation sites excluding steroid dienone is 1. The van der Waals surface area contributed by atoms with E-state index in [2.05, 4.69) is 16.0 Å². The minimum absolute atomic E-state index is 0.270. The molecule has 0 bridgehead atoms. The number of halogens is 1. The largest absolute Gasteiger partial charge is 0.494 e. The average molecular weight is 385 g/mol. The third-order valence-corrected chi connectivity index (χ3v) is 4.36. The summed E-state index contributed by atoms with van der Waals surface area (Å²) in [5.41, 5.74) is 2.53. The first kappa shape index (κ1) is 18.8. The number of rotatable bonds is 5. The lowest BCUT2D eigenvalue weighted by molar-refractivity contribution is -0.113. The Morgan fingerprint density at radius 1 is 1.19 bits per heavy atom. The molecule has 2 aromatic rings. The highest BCUT2D eigenvalue weighted by Gasteiger charge is 2.29. The number of hydrogen-bond donors (Lipinski definition) is 3. The molecule has 0 saturated heterocycles. The number of hydrogen-bond acceptors (Lipinski definition) is 3. The molecular formula is C20H20FN3O2S. The van der Waals surface area contributed by atoms with E-state index < -0.39 is 6.04 Å². The van der Waals surface area contributed by atoms with Crippen molar-refractivity contribution in [3.8, 4) is 5.75 Å². The van der Waals surface area contributed by atoms with Gasteiger partial charge in [-0.2, -0.15) is 0 Å². The Kier molecular flexibility index (Phi) is 5.71. The summed E-state index contributed by atoms with van der Waals surface area (Å²) < 4.78 is 18.7. The third-order valence-electron chi connectivity index (χ3n) is 4.14. The normalized spacial score (nSPS) is 16.4. The van der Waals surface area contributed by atoms with Gasteiger partial charge in [0.25, 0.3) is 5.91 Å². The van der Waals surface area contributed by atoms with Gasteiger partial charge in [0.1, 0.15) is 11.6 Å². The lowest BCUT2D eigenvalue weighted by atomic mass is 9.95. The van der Waals surface area contributed by atoms with E-state index in [9.17, 15) is 9.18 Å². The van der Waals surface area contributed by atoms with Crippen molar-refractivity contribution in [3.05, 3.63) is 71.2 Å². The van der Waals surface area contributed by atoms with Crippen molar-refractivity contribution < 1.29 is 13.9 Å². The van der Waals surface area contributed by atoms with Crippen LogP contribution in [-0.4, -0.2) is 17.6 Å². The topological polar surface area (TPSA) is 62.4 Å². The van der Waals surface area contributed by atoms with E-state index in [-0.39, 0.29) is 11.7 Å². The monoisotopic (exact) mass is 385 g/mol. The zero-order chi connectivity index (χ0) is 19.4. The molecule has 140 valence electrons. The number of nitrogens with one attached hydrogen (secondary N) is 3. The number of carbonyl (C=O) groups excluding carboxylic acids is 1. The summed E-state index contributed by atoms with van der Waals surface area (Å²) in [6.45, 7) is 4.28. The van der Waals surface area contributed by atoms with Gasteiger partial charge in [-0.05, 0) is 68.0 Å². The minimum atomic E-state index is -0.470. The second-order valence-electron chi connectivity index (χ2n) is 6.03. The maximum Gasteiger partial charge on any atom is 0.255 e. The number of amides is 1. The minimum Gasteiger partial charge on any atom is -0.494 e. The van der Waals surface area contributed by atoms with Crippen molar-refractivity contribution in [1.82, 2.24) is 10.6 Å². The molecule has 1 amide bonds. The smallest absolute Gasteiger partial charge is 0.255 e. The highest BCUT2D eigenvalue weighted by atomic mass is 32.1. The number of benzene rings is 2. The first-order chi connectivity index (χ1) is 13.0. The van der Waals surface area contributed by atoms with Crippen LogP contribution in [0.15, 0.2) is 59.8 Å². The zero-order valence-corrected chi connectivity index (χ0v) is 15.8. The van der Waals surface area contributed by atoms with Gasteiger partial charge >= 0.3 is 0 Å². The third kappa shape index (κ3) is 4.43. The fourth-order valence-electron chi connectivity index (χ4n) is 2.90. The van der Waals surface area contributed by atoms with Crippen LogP contribution in [0.1, 0.15) is 25.5 Å². The second kappa shape index (κ2) is 8.18. The van der Waals surface area contributed by atoms with E-state index in [1.165, 1.54) is 12.1 Å². The van der Waals surface area contributed by atoms with Crippen LogP contribution in [0.5, 0.6) is 5.75 Å². The molecule has 3 N–H and O–H groups in total. The van der Waals surface area contributed by atoms with Gasteiger partial charge in [0, 0.05) is 11.4 Å². The highest BCUT2D eigenvalue weighted by Crippen LogP contribution is 2.28. The summed E-state index contributed by atoms with van der Waals surface area (Å²) in [7, 11) is 0. The number of carbonyl (C=O) groups is 1. The molecule has 0 fully saturated rings. The molecule has 0 unspecified atom stereocenters. The fourth-order valence-corrected chi connectivity index (χ4v) is 3.17. The molecule has 0 radical (unpaired) electrons. The second-order valence-corrected chi connectivity index (χ2v) is 6.44. The Morgan fingerprint density at radius 2 is 1.85 bits per heavy atom. The quantitative estimate of drug-likeness (QED) is 0.686. The van der Waals surface area contributed by atoms with Crippen molar-refractivity contribution in [2.24, 2.45) is 0 Å². The highest BCUT2D eigenvalue weighted by molar-refractivity contribution is 7.80. The van der Waals surface area contributed by atoms with Gasteiger partial charge < -0.3 is 20.7 Å². The standard InChI is InChI=1S/C20H20FN3O2S/c1-3-26-16-10-8-15(9-11-16)23-19(25)17-12(2)22-20(27)24-18(17)13-4-6-14(21)7-5-13/h4-11,18H,3H2,1-2H3,(H,23,25)(H2,22,24,27)/t18-/m0/s1. The molecule has 1 heterocycles. The molecule has 5 nitrogen and oxygen atoms in total. The van der Waals surface area contributed by atoms with Crippen molar-refractivity contribution in [1.29, 1.82) is 0 Å². The van der Waals surface area contributed by atoms with Crippen LogP contribution in [0, 0.1) is 5.82 Å². The molecule has 0 saturated carbocycles. The van der Waals surface area contributed by atoms with E-state index >= 15 is 0 Å². The van der Waals surface area contributed by atoms with E-state index in [1.54, 1.807) is 43.3 Å². The lowest BCUT2D eigenvalue weighted by Gasteiger charge is -2.30. The Balaban J connectivity index is 1.86. The molecule has 3 rings (SSSR count). The van der Waals surface area contributed by atoms with Gasteiger partial charge in [-0.25, -0.2) is 4.39 Å². The van der Waals surface area contributed by atoms with E-state index in [0.29, 0.717) is 28.7 Å². The van der Waals surface area contributed by atoms with Crippen molar-refractivity contribution >= 4 is 28.9 Å². The van der Waals surface area contributed by atoms with Crippen LogP contribution in [0.3, 0.4) is 0 Å². The Bertz CT molecular complexity index is 879. The van der Waals surface area contributed by atoms with Crippen molar-refractivity contribution in [2.75, 3.05) is 11.9 Å². The SMILES string of the molecule is CCOc1ccc(NC(=O)C2=C(C)NC(=S)N[C@H]2c2ccc(F)cc2)cc1. The number of thiocarbonyl (C=S) groups is 1.